The van der Waals surface area contributed by atoms with Gasteiger partial charge in [0, 0.05) is 12.8 Å². The van der Waals surface area contributed by atoms with Crippen LogP contribution < -0.4 is 10.1 Å². The molecule has 0 unspecified atom stereocenters. The van der Waals surface area contributed by atoms with Crippen molar-refractivity contribution < 1.29 is 31.9 Å². The molecule has 0 bridgehead atoms. The molecule has 0 spiro atoms. The Morgan fingerprint density at radius 1 is 0.939 bits per heavy atom. The number of ketones is 1. The number of aryl methyl sites for hydroxylation is 1. The van der Waals surface area contributed by atoms with Crippen LogP contribution in [0.4, 0.5) is 23.2 Å². The second-order valence-electron chi connectivity index (χ2n) is 7.56. The number of carbonyl (C=O) groups excluding carboxylic acids is 2. The summed E-state index contributed by atoms with van der Waals surface area (Å²) < 4.78 is 59.9. The van der Waals surface area contributed by atoms with E-state index in [-0.39, 0.29) is 29.8 Å². The van der Waals surface area contributed by atoms with Gasteiger partial charge in [-0.2, -0.15) is 13.2 Å². The second-order valence-corrected chi connectivity index (χ2v) is 7.56. The second kappa shape index (κ2) is 9.85. The van der Waals surface area contributed by atoms with Gasteiger partial charge < -0.3 is 10.1 Å². The van der Waals surface area contributed by atoms with Gasteiger partial charge in [0.2, 0.25) is 0 Å². The van der Waals surface area contributed by atoms with Crippen LogP contribution in [0.2, 0.25) is 0 Å². The van der Waals surface area contributed by atoms with Gasteiger partial charge in [0.25, 0.3) is 5.91 Å². The fourth-order valence-corrected chi connectivity index (χ4v) is 3.44. The zero-order valence-electron chi connectivity index (χ0n) is 17.9. The third-order valence-corrected chi connectivity index (χ3v) is 4.91. The average molecular weight is 459 g/mol. The van der Waals surface area contributed by atoms with Gasteiger partial charge in [0.15, 0.2) is 0 Å². The predicted molar refractivity (Wildman–Crippen MR) is 116 cm³/mol. The number of halogens is 4. The topological polar surface area (TPSA) is 55.4 Å². The van der Waals surface area contributed by atoms with E-state index >= 15 is 0 Å². The smallest absolute Gasteiger partial charge is 0.418 e. The van der Waals surface area contributed by atoms with Crippen LogP contribution in [0, 0.1) is 12.7 Å². The molecule has 33 heavy (non-hydrogen) atoms. The molecule has 3 aromatic carbocycles. The number of anilines is 1. The van der Waals surface area contributed by atoms with Gasteiger partial charge in [-0.3, -0.25) is 9.59 Å². The van der Waals surface area contributed by atoms with Gasteiger partial charge in [-0.1, -0.05) is 24.3 Å². The molecule has 0 radical (unpaired) electrons. The maximum atomic E-state index is 13.8. The molecule has 1 amide bonds. The van der Waals surface area contributed by atoms with Gasteiger partial charge in [0.1, 0.15) is 17.3 Å². The summed E-state index contributed by atoms with van der Waals surface area (Å²) >= 11 is 0. The van der Waals surface area contributed by atoms with Crippen LogP contribution in [-0.4, -0.2) is 18.8 Å². The standard InChI is InChI=1S/C25H21F4NO3/c1-15-9-17(13-19(10-15)33-2)12-18(31)11-16-7-8-23(21(14-16)25(27,28)29)30-24(32)20-5-3-4-6-22(20)26/h3-10,13-14H,11-12H2,1-2H3,(H,30,32). The van der Waals surface area contributed by atoms with Crippen LogP contribution in [-0.2, 0) is 23.8 Å². The maximum Gasteiger partial charge on any atom is 0.418 e. The van der Waals surface area contributed by atoms with Crippen LogP contribution in [0.3, 0.4) is 0 Å². The quantitative estimate of drug-likeness (QED) is 0.457. The predicted octanol–water partition coefficient (Wildman–Crippen LogP) is 5.77. The zero-order valence-corrected chi connectivity index (χ0v) is 17.9. The highest BCUT2D eigenvalue weighted by Crippen LogP contribution is 2.36. The largest absolute Gasteiger partial charge is 0.497 e. The van der Waals surface area contributed by atoms with Crippen LogP contribution in [0.5, 0.6) is 5.75 Å². The van der Waals surface area contributed by atoms with E-state index in [9.17, 15) is 27.2 Å². The van der Waals surface area contributed by atoms with E-state index in [0.29, 0.717) is 11.3 Å². The molecule has 3 rings (SSSR count). The number of Topliss-reactive ketones (excluding diaryl/α,β-unsaturated/α-hetero) is 1. The number of nitrogens with one attached hydrogen (secondary N) is 1. The van der Waals surface area contributed by atoms with Crippen molar-refractivity contribution in [3.8, 4) is 5.75 Å². The van der Waals surface area contributed by atoms with Crippen LogP contribution in [0.15, 0.2) is 60.7 Å². The molecule has 0 heterocycles. The van der Waals surface area contributed by atoms with E-state index in [0.717, 1.165) is 23.8 Å². The molecule has 0 aliphatic rings. The normalized spacial score (nSPS) is 11.2. The first-order valence-electron chi connectivity index (χ1n) is 9.99. The maximum absolute atomic E-state index is 13.8. The highest BCUT2D eigenvalue weighted by atomic mass is 19.4. The number of ether oxygens (including phenoxy) is 1. The van der Waals surface area contributed by atoms with E-state index in [1.165, 1.54) is 31.4 Å². The summed E-state index contributed by atoms with van der Waals surface area (Å²) in [5, 5.41) is 2.12. The van der Waals surface area contributed by atoms with Gasteiger partial charge in [-0.05, 0) is 60.0 Å². The molecule has 8 heteroatoms. The first kappa shape index (κ1) is 24.0. The lowest BCUT2D eigenvalue weighted by molar-refractivity contribution is -0.137. The zero-order chi connectivity index (χ0) is 24.2. The molecule has 0 saturated heterocycles. The Hall–Kier alpha value is -3.68. The first-order valence-corrected chi connectivity index (χ1v) is 9.99. The van der Waals surface area contributed by atoms with Crippen molar-refractivity contribution in [3.05, 3.63) is 94.3 Å². The summed E-state index contributed by atoms with van der Waals surface area (Å²) in [4.78, 5) is 24.8. The van der Waals surface area contributed by atoms with Crippen molar-refractivity contribution in [2.24, 2.45) is 0 Å². The van der Waals surface area contributed by atoms with Gasteiger partial charge in [0.05, 0.1) is 23.9 Å². The summed E-state index contributed by atoms with van der Waals surface area (Å²) in [6.07, 6.45) is -4.98. The Kier molecular flexibility index (Phi) is 7.16. The molecular weight excluding hydrogens is 438 g/mol. The van der Waals surface area contributed by atoms with E-state index < -0.39 is 29.2 Å². The fraction of sp³-hybridized carbons (Fsp3) is 0.200. The summed E-state index contributed by atoms with van der Waals surface area (Å²) in [5.41, 5.74) is -0.271. The van der Waals surface area contributed by atoms with Crippen LogP contribution >= 0.6 is 0 Å². The lowest BCUT2D eigenvalue weighted by Gasteiger charge is -2.16. The van der Waals surface area contributed by atoms with Crippen molar-refractivity contribution in [1.29, 1.82) is 0 Å². The molecule has 0 aliphatic heterocycles. The minimum atomic E-state index is -4.79. The van der Waals surface area contributed by atoms with Crippen molar-refractivity contribution in [2.75, 3.05) is 12.4 Å². The van der Waals surface area contributed by atoms with E-state index in [1.54, 1.807) is 12.1 Å². The number of rotatable bonds is 7. The highest BCUT2D eigenvalue weighted by molar-refractivity contribution is 6.05. The summed E-state index contributed by atoms with van der Waals surface area (Å²) in [6, 6.07) is 13.5. The number of alkyl halides is 3. The lowest BCUT2D eigenvalue weighted by Crippen LogP contribution is -2.18. The van der Waals surface area contributed by atoms with E-state index in [4.69, 9.17) is 4.74 Å². The Labute approximate surface area is 188 Å². The van der Waals surface area contributed by atoms with Gasteiger partial charge in [-0.25, -0.2) is 4.39 Å². The fourth-order valence-electron chi connectivity index (χ4n) is 3.44. The summed E-state index contributed by atoms with van der Waals surface area (Å²) in [6.45, 7) is 1.85. The summed E-state index contributed by atoms with van der Waals surface area (Å²) in [5.74, 6) is -1.54. The number of hydrogen-bond acceptors (Lipinski definition) is 3. The molecule has 0 fully saturated rings. The number of benzene rings is 3. The molecule has 1 N–H and O–H groups in total. The monoisotopic (exact) mass is 459 g/mol. The Morgan fingerprint density at radius 2 is 1.64 bits per heavy atom. The van der Waals surface area contributed by atoms with E-state index in [1.807, 2.05) is 13.0 Å². The lowest BCUT2D eigenvalue weighted by atomic mass is 9.99. The average Bonchev–Trinajstić information content (AvgIpc) is 2.73. The molecule has 4 nitrogen and oxygen atoms in total. The first-order chi connectivity index (χ1) is 15.6. The van der Waals surface area contributed by atoms with Crippen LogP contribution in [0.25, 0.3) is 0 Å². The highest BCUT2D eigenvalue weighted by Gasteiger charge is 2.34. The van der Waals surface area contributed by atoms with Gasteiger partial charge in [-0.15, -0.1) is 0 Å². The molecular formula is C25H21F4NO3. The van der Waals surface area contributed by atoms with E-state index in [2.05, 4.69) is 5.32 Å². The van der Waals surface area contributed by atoms with Gasteiger partial charge >= 0.3 is 6.18 Å². The SMILES string of the molecule is COc1cc(C)cc(CC(=O)Cc2ccc(NC(=O)c3ccccc3F)c(C(F)(F)F)c2)c1. The number of amides is 1. The number of hydrogen-bond donors (Lipinski definition) is 1. The van der Waals surface area contributed by atoms with Crippen molar-refractivity contribution in [1.82, 2.24) is 0 Å². The molecule has 0 atom stereocenters. The molecule has 0 aliphatic carbocycles. The third-order valence-electron chi connectivity index (χ3n) is 4.91. The summed E-state index contributed by atoms with van der Waals surface area (Å²) in [7, 11) is 1.51. The molecule has 0 aromatic heterocycles. The minimum Gasteiger partial charge on any atom is -0.497 e. The molecule has 3 aromatic rings. The Bertz CT molecular complexity index is 1190. The number of carbonyl (C=O) groups is 2. The van der Waals surface area contributed by atoms with Crippen molar-refractivity contribution in [3.63, 3.8) is 0 Å². The van der Waals surface area contributed by atoms with Crippen LogP contribution in [0.1, 0.15) is 32.6 Å². The molecule has 0 saturated carbocycles. The Balaban J connectivity index is 1.80. The Morgan fingerprint density at radius 3 is 2.30 bits per heavy atom. The third kappa shape index (κ3) is 6.19. The van der Waals surface area contributed by atoms with Crippen molar-refractivity contribution in [2.45, 2.75) is 25.9 Å². The minimum absolute atomic E-state index is 0.0329. The molecule has 172 valence electrons. The number of methoxy groups -OCH3 is 1. The van der Waals surface area contributed by atoms with Crippen molar-refractivity contribution >= 4 is 17.4 Å².